The van der Waals surface area contributed by atoms with Crippen molar-refractivity contribution >= 4 is 17.9 Å². The van der Waals surface area contributed by atoms with E-state index < -0.39 is 6.10 Å². The first-order valence-electron chi connectivity index (χ1n) is 27.6. The number of esters is 3. The number of carbonyl (C=O) groups is 3. The van der Waals surface area contributed by atoms with Crippen LogP contribution in [-0.2, 0) is 28.6 Å². The van der Waals surface area contributed by atoms with Crippen LogP contribution in [0.4, 0.5) is 0 Å². The van der Waals surface area contributed by atoms with Gasteiger partial charge in [-0.25, -0.2) is 0 Å². The molecule has 0 amide bonds. The minimum atomic E-state index is -0.827. The molecule has 68 heavy (non-hydrogen) atoms. The molecule has 0 aliphatic rings. The van der Waals surface area contributed by atoms with E-state index in [4.69, 9.17) is 14.2 Å². The first kappa shape index (κ1) is 63.8. The summed E-state index contributed by atoms with van der Waals surface area (Å²) in [5.74, 6) is -1.02. The molecular weight excluding hydrogens is 841 g/mol. The van der Waals surface area contributed by atoms with Gasteiger partial charge in [-0.3, -0.25) is 14.4 Å². The zero-order chi connectivity index (χ0) is 49.3. The van der Waals surface area contributed by atoms with Crippen LogP contribution in [0.3, 0.4) is 0 Å². The van der Waals surface area contributed by atoms with Crippen molar-refractivity contribution < 1.29 is 28.6 Å². The van der Waals surface area contributed by atoms with Crippen molar-refractivity contribution in [2.24, 2.45) is 0 Å². The Morgan fingerprint density at radius 2 is 0.662 bits per heavy atom. The number of unbranched alkanes of at least 4 members (excludes halogenated alkanes) is 21. The maximum absolute atomic E-state index is 12.8. The van der Waals surface area contributed by atoms with Gasteiger partial charge in [0.1, 0.15) is 13.2 Å². The molecule has 1 atom stereocenters. The average Bonchev–Trinajstić information content (AvgIpc) is 3.34. The smallest absolute Gasteiger partial charge is 0.306 e. The Bertz CT molecular complexity index is 1450. The molecule has 6 heteroatoms. The van der Waals surface area contributed by atoms with E-state index in [0.717, 1.165) is 89.9 Å². The summed E-state index contributed by atoms with van der Waals surface area (Å²) in [6.45, 7) is 6.30. The van der Waals surface area contributed by atoms with E-state index in [2.05, 4.69) is 93.7 Å². The topological polar surface area (TPSA) is 78.9 Å². The van der Waals surface area contributed by atoms with E-state index in [1.165, 1.54) is 96.3 Å². The van der Waals surface area contributed by atoms with Gasteiger partial charge in [-0.15, -0.1) is 0 Å². The van der Waals surface area contributed by atoms with Crippen molar-refractivity contribution in [3.63, 3.8) is 0 Å². The van der Waals surface area contributed by atoms with Gasteiger partial charge in [0.2, 0.25) is 0 Å². The molecular formula is C62H100O6. The van der Waals surface area contributed by atoms with Gasteiger partial charge in [0.05, 0.1) is 0 Å². The van der Waals surface area contributed by atoms with Crippen molar-refractivity contribution in [2.75, 3.05) is 13.2 Å². The molecule has 384 valence electrons. The molecule has 6 nitrogen and oxygen atoms in total. The predicted octanol–water partition coefficient (Wildman–Crippen LogP) is 18.5. The van der Waals surface area contributed by atoms with Crippen LogP contribution in [0.2, 0.25) is 0 Å². The van der Waals surface area contributed by atoms with Gasteiger partial charge in [-0.2, -0.15) is 0 Å². The lowest BCUT2D eigenvalue weighted by Gasteiger charge is -2.18. The number of hydrogen-bond donors (Lipinski definition) is 0. The van der Waals surface area contributed by atoms with Crippen LogP contribution in [-0.4, -0.2) is 37.2 Å². The van der Waals surface area contributed by atoms with Gasteiger partial charge < -0.3 is 14.2 Å². The number of ether oxygens (including phenoxy) is 3. The molecule has 0 saturated heterocycles. The van der Waals surface area contributed by atoms with Crippen molar-refractivity contribution in [3.05, 3.63) is 122 Å². The summed E-state index contributed by atoms with van der Waals surface area (Å²) >= 11 is 0. The zero-order valence-electron chi connectivity index (χ0n) is 43.8. The fourth-order valence-corrected chi connectivity index (χ4v) is 7.26. The van der Waals surface area contributed by atoms with E-state index in [0.29, 0.717) is 19.3 Å². The van der Waals surface area contributed by atoms with Crippen LogP contribution in [0.25, 0.3) is 0 Å². The SMILES string of the molecule is CC\C=C/C=C\C=C/C=C\C=C/CCCCCC(=O)OCC(COC(=O)CCCCCCCCCCCCCCCCCCCC)OC(=O)CCC/C=C\C/C=C\C/C=C\C/C=C\C/C=C\CC. The van der Waals surface area contributed by atoms with Gasteiger partial charge in [-0.05, 0) is 77.0 Å². The summed E-state index contributed by atoms with van der Waals surface area (Å²) in [6, 6.07) is 0. The van der Waals surface area contributed by atoms with Crippen LogP contribution >= 0.6 is 0 Å². The maximum atomic E-state index is 12.8. The standard InChI is InChI=1S/C62H100O6/c1-4-7-10-13-16-19-22-25-28-30-32-34-37-40-43-46-49-52-55-61(64)67-58-59(57-66-60(63)54-51-48-45-42-39-36-33-27-24-21-18-15-12-9-6-3)68-62(65)56-53-50-47-44-41-38-35-31-29-26-23-20-17-14-11-8-5-2/h8-9,11-12,15,17-18,20-21,24,26-27,29,33,35-36,38-39,44,47,59H,4-7,10,13-14,16,19,22-23,25,28,30-32,34,37,40-43,45-46,48-58H2,1-3H3/b11-8-,12-9-,18-15-,20-17-,24-21-,29-26-,33-27-,38-35-,39-36-,47-44-. The second-order valence-corrected chi connectivity index (χ2v) is 17.9. The van der Waals surface area contributed by atoms with E-state index in [1.807, 2.05) is 48.6 Å². The molecule has 0 heterocycles. The van der Waals surface area contributed by atoms with E-state index in [9.17, 15) is 14.4 Å². The lowest BCUT2D eigenvalue weighted by atomic mass is 10.0. The van der Waals surface area contributed by atoms with Crippen LogP contribution < -0.4 is 0 Å². The Hall–Kier alpha value is -4.19. The first-order chi connectivity index (χ1) is 33.5. The molecule has 0 aliphatic carbocycles. The molecule has 0 aromatic heterocycles. The highest BCUT2D eigenvalue weighted by atomic mass is 16.6. The van der Waals surface area contributed by atoms with Gasteiger partial charge in [-0.1, -0.05) is 258 Å². The Balaban J connectivity index is 4.53. The molecule has 0 rings (SSSR count). The second-order valence-electron chi connectivity index (χ2n) is 17.9. The van der Waals surface area contributed by atoms with Crippen molar-refractivity contribution in [1.82, 2.24) is 0 Å². The number of rotatable bonds is 48. The van der Waals surface area contributed by atoms with Crippen LogP contribution in [0.5, 0.6) is 0 Å². The minimum absolute atomic E-state index is 0.116. The fraction of sp³-hybridized carbons (Fsp3) is 0.629. The highest BCUT2D eigenvalue weighted by Crippen LogP contribution is 2.15. The predicted molar refractivity (Wildman–Crippen MR) is 293 cm³/mol. The number of carbonyl (C=O) groups excluding carboxylic acids is 3. The molecule has 0 N–H and O–H groups in total. The summed E-state index contributed by atoms with van der Waals surface area (Å²) in [6.07, 6.45) is 76.2. The third kappa shape index (κ3) is 52.8. The van der Waals surface area contributed by atoms with Gasteiger partial charge in [0.25, 0.3) is 0 Å². The quantitative estimate of drug-likeness (QED) is 0.0199. The fourth-order valence-electron chi connectivity index (χ4n) is 7.26. The summed E-state index contributed by atoms with van der Waals surface area (Å²) in [5, 5.41) is 0. The van der Waals surface area contributed by atoms with E-state index >= 15 is 0 Å². The van der Waals surface area contributed by atoms with Crippen LogP contribution in [0.1, 0.15) is 233 Å². The molecule has 0 saturated carbocycles. The second kappa shape index (κ2) is 55.4. The van der Waals surface area contributed by atoms with Crippen LogP contribution in [0, 0.1) is 0 Å². The molecule has 0 fully saturated rings. The van der Waals surface area contributed by atoms with Crippen molar-refractivity contribution in [3.8, 4) is 0 Å². The molecule has 0 aromatic carbocycles. The van der Waals surface area contributed by atoms with Gasteiger partial charge >= 0.3 is 17.9 Å². The Morgan fingerprint density at radius 1 is 0.324 bits per heavy atom. The molecule has 0 aromatic rings. The highest BCUT2D eigenvalue weighted by molar-refractivity contribution is 5.71. The van der Waals surface area contributed by atoms with Crippen LogP contribution in [0.15, 0.2) is 122 Å². The van der Waals surface area contributed by atoms with Gasteiger partial charge in [0.15, 0.2) is 6.10 Å². The third-order valence-corrected chi connectivity index (χ3v) is 11.3. The Labute approximate surface area is 418 Å². The summed E-state index contributed by atoms with van der Waals surface area (Å²) in [4.78, 5) is 38.1. The maximum Gasteiger partial charge on any atom is 0.306 e. The molecule has 0 radical (unpaired) electrons. The van der Waals surface area contributed by atoms with Crippen molar-refractivity contribution in [1.29, 1.82) is 0 Å². The van der Waals surface area contributed by atoms with Crippen molar-refractivity contribution in [2.45, 2.75) is 239 Å². The normalized spacial score (nSPS) is 13.0. The van der Waals surface area contributed by atoms with E-state index in [-0.39, 0.29) is 37.5 Å². The number of allylic oxidation sites excluding steroid dienone is 20. The lowest BCUT2D eigenvalue weighted by Crippen LogP contribution is -2.30. The molecule has 0 aliphatic heterocycles. The summed E-state index contributed by atoms with van der Waals surface area (Å²) in [5.41, 5.74) is 0. The average molecular weight is 941 g/mol. The van der Waals surface area contributed by atoms with E-state index in [1.54, 1.807) is 0 Å². The monoisotopic (exact) mass is 941 g/mol. The summed E-state index contributed by atoms with van der Waals surface area (Å²) in [7, 11) is 0. The zero-order valence-corrected chi connectivity index (χ0v) is 43.8. The number of hydrogen-bond acceptors (Lipinski definition) is 6. The first-order valence-corrected chi connectivity index (χ1v) is 27.6. The largest absolute Gasteiger partial charge is 0.462 e. The highest BCUT2D eigenvalue weighted by Gasteiger charge is 2.19. The Morgan fingerprint density at radius 3 is 1.10 bits per heavy atom. The summed E-state index contributed by atoms with van der Waals surface area (Å²) < 4.78 is 16.8. The molecule has 0 bridgehead atoms. The molecule has 1 unspecified atom stereocenters. The minimum Gasteiger partial charge on any atom is -0.462 e. The van der Waals surface area contributed by atoms with Gasteiger partial charge in [0, 0.05) is 19.3 Å². The third-order valence-electron chi connectivity index (χ3n) is 11.3. The molecule has 0 spiro atoms. The lowest BCUT2D eigenvalue weighted by molar-refractivity contribution is -0.167. The Kier molecular flexibility index (Phi) is 52.0.